The summed E-state index contributed by atoms with van der Waals surface area (Å²) in [6.07, 6.45) is 0. The van der Waals surface area contributed by atoms with Crippen LogP contribution in [0, 0.1) is 0 Å². The average Bonchev–Trinajstić information content (AvgIpc) is 1.93. The summed E-state index contributed by atoms with van der Waals surface area (Å²) in [7, 11) is 0. The van der Waals surface area contributed by atoms with Gasteiger partial charge in [0.1, 0.15) is 5.75 Å². The van der Waals surface area contributed by atoms with Gasteiger partial charge in [-0.15, -0.1) is 0 Å². The molecule has 0 aliphatic carbocycles. The van der Waals surface area contributed by atoms with Crippen LogP contribution >= 0.6 is 28.1 Å². The van der Waals surface area contributed by atoms with Gasteiger partial charge in [0, 0.05) is 4.47 Å². The molecule has 0 saturated carbocycles. The van der Waals surface area contributed by atoms with E-state index in [0.717, 1.165) is 4.47 Å². The fraction of sp³-hybridized carbons (Fsp3) is 0. The molecule has 0 bridgehead atoms. The summed E-state index contributed by atoms with van der Waals surface area (Å²) in [5.74, 6) is 0.653. The number of halogens is 1. The summed E-state index contributed by atoms with van der Waals surface area (Å²) in [4.78, 5) is 0. The van der Waals surface area contributed by atoms with Gasteiger partial charge in [-0.3, -0.25) is 0 Å². The summed E-state index contributed by atoms with van der Waals surface area (Å²) < 4.78 is 5.95. The molecule has 2 nitrogen and oxygen atoms in total. The molecule has 1 aromatic rings. The predicted octanol–water partition coefficient (Wildman–Crippen LogP) is 2.07. The Morgan fingerprint density at radius 2 is 1.91 bits per heavy atom. The molecule has 1 rings (SSSR count). The molecule has 2 N–H and O–H groups in total. The van der Waals surface area contributed by atoms with E-state index < -0.39 is 0 Å². The minimum Gasteiger partial charge on any atom is -0.432 e. The Morgan fingerprint density at radius 1 is 1.36 bits per heavy atom. The van der Waals surface area contributed by atoms with Crippen LogP contribution in [-0.2, 0) is 0 Å². The van der Waals surface area contributed by atoms with Gasteiger partial charge >= 0.3 is 0 Å². The Balaban J connectivity index is 2.74. The number of thiocarbonyl (C=S) groups is 1. The molecule has 0 atom stereocenters. The van der Waals surface area contributed by atoms with E-state index in [4.69, 9.17) is 10.5 Å². The number of nitrogens with two attached hydrogens (primary N) is 1. The molecule has 0 aromatic heterocycles. The first-order valence-corrected chi connectivity index (χ1v) is 4.11. The summed E-state index contributed by atoms with van der Waals surface area (Å²) in [5, 5.41) is 0.0346. The molecule has 0 aliphatic rings. The van der Waals surface area contributed by atoms with Crippen molar-refractivity contribution >= 4 is 33.3 Å². The molecule has 0 saturated heterocycles. The third-order valence-electron chi connectivity index (χ3n) is 1.03. The number of rotatable bonds is 1. The van der Waals surface area contributed by atoms with Gasteiger partial charge in [-0.25, -0.2) is 0 Å². The normalized spacial score (nSPS) is 9.18. The lowest BCUT2D eigenvalue weighted by atomic mass is 10.3. The predicted molar refractivity (Wildman–Crippen MR) is 51.6 cm³/mol. The Kier molecular flexibility index (Phi) is 2.84. The van der Waals surface area contributed by atoms with Crippen molar-refractivity contribution in [2.45, 2.75) is 0 Å². The lowest BCUT2D eigenvalue weighted by molar-refractivity contribution is 0.557. The van der Waals surface area contributed by atoms with Crippen molar-refractivity contribution in [2.75, 3.05) is 0 Å². The number of hydrogen-bond acceptors (Lipinski definition) is 2. The fourth-order valence-corrected chi connectivity index (χ4v) is 0.979. The Labute approximate surface area is 78.5 Å². The van der Waals surface area contributed by atoms with Gasteiger partial charge in [0.05, 0.1) is 0 Å². The monoisotopic (exact) mass is 231 g/mol. The van der Waals surface area contributed by atoms with Crippen LogP contribution in [0.25, 0.3) is 0 Å². The topological polar surface area (TPSA) is 35.2 Å². The quantitative estimate of drug-likeness (QED) is 0.753. The molecule has 0 heterocycles. The van der Waals surface area contributed by atoms with Crippen LogP contribution in [0.2, 0.25) is 0 Å². The van der Waals surface area contributed by atoms with Crippen molar-refractivity contribution in [3.63, 3.8) is 0 Å². The minimum absolute atomic E-state index is 0.0346. The molecule has 0 amide bonds. The van der Waals surface area contributed by atoms with Crippen molar-refractivity contribution in [1.29, 1.82) is 0 Å². The highest BCUT2D eigenvalue weighted by Crippen LogP contribution is 2.15. The SMILES string of the molecule is NC(=S)Oc1ccc(Br)cc1. The zero-order valence-corrected chi connectivity index (χ0v) is 7.98. The van der Waals surface area contributed by atoms with Gasteiger partial charge in [0.15, 0.2) is 0 Å². The standard InChI is InChI=1S/C7H6BrNOS/c8-5-1-3-6(4-2-5)10-7(9)11/h1-4H,(H2,9,11). The van der Waals surface area contributed by atoms with Crippen LogP contribution < -0.4 is 10.5 Å². The second-order valence-corrected chi connectivity index (χ2v) is 3.19. The first-order chi connectivity index (χ1) is 5.18. The van der Waals surface area contributed by atoms with E-state index in [1.807, 2.05) is 12.1 Å². The van der Waals surface area contributed by atoms with Crippen LogP contribution in [0.5, 0.6) is 5.75 Å². The molecule has 0 unspecified atom stereocenters. The van der Waals surface area contributed by atoms with Gasteiger partial charge in [-0.05, 0) is 36.5 Å². The molecule has 58 valence electrons. The van der Waals surface area contributed by atoms with E-state index >= 15 is 0 Å². The first-order valence-electron chi connectivity index (χ1n) is 2.91. The van der Waals surface area contributed by atoms with E-state index in [1.165, 1.54) is 0 Å². The minimum atomic E-state index is 0.0346. The third-order valence-corrected chi connectivity index (χ3v) is 1.64. The van der Waals surface area contributed by atoms with Crippen molar-refractivity contribution in [3.05, 3.63) is 28.7 Å². The maximum absolute atomic E-state index is 5.16. The van der Waals surface area contributed by atoms with Gasteiger partial charge in [-0.1, -0.05) is 15.9 Å². The molecular formula is C7H6BrNOS. The van der Waals surface area contributed by atoms with E-state index in [2.05, 4.69) is 28.1 Å². The molecule has 4 heteroatoms. The van der Waals surface area contributed by atoms with E-state index in [-0.39, 0.29) is 5.17 Å². The van der Waals surface area contributed by atoms with Gasteiger partial charge in [-0.2, -0.15) is 0 Å². The average molecular weight is 232 g/mol. The second-order valence-electron chi connectivity index (χ2n) is 1.88. The molecule has 1 aromatic carbocycles. The highest BCUT2D eigenvalue weighted by molar-refractivity contribution is 9.10. The molecule has 0 radical (unpaired) electrons. The summed E-state index contributed by atoms with van der Waals surface area (Å²) in [6.45, 7) is 0. The van der Waals surface area contributed by atoms with Crippen LogP contribution in [0.4, 0.5) is 0 Å². The van der Waals surface area contributed by atoms with Crippen LogP contribution in [0.15, 0.2) is 28.7 Å². The molecule has 0 fully saturated rings. The zero-order chi connectivity index (χ0) is 8.27. The molecule has 0 spiro atoms. The van der Waals surface area contributed by atoms with Crippen molar-refractivity contribution in [2.24, 2.45) is 5.73 Å². The Bertz CT molecular complexity index is 260. The summed E-state index contributed by atoms with van der Waals surface area (Å²) in [5.41, 5.74) is 5.16. The lowest BCUT2D eigenvalue weighted by Crippen LogP contribution is -2.15. The van der Waals surface area contributed by atoms with Gasteiger partial charge < -0.3 is 10.5 Å². The van der Waals surface area contributed by atoms with Gasteiger partial charge in [0.25, 0.3) is 5.17 Å². The number of benzene rings is 1. The van der Waals surface area contributed by atoms with Crippen molar-refractivity contribution in [1.82, 2.24) is 0 Å². The molecule has 11 heavy (non-hydrogen) atoms. The maximum atomic E-state index is 5.16. The molecule has 0 aliphatic heterocycles. The second kappa shape index (κ2) is 3.69. The van der Waals surface area contributed by atoms with Crippen LogP contribution in [0.1, 0.15) is 0 Å². The first kappa shape index (κ1) is 8.49. The van der Waals surface area contributed by atoms with E-state index in [1.54, 1.807) is 12.1 Å². The largest absolute Gasteiger partial charge is 0.432 e. The Hall–Kier alpha value is -0.610. The Morgan fingerprint density at radius 3 is 2.36 bits per heavy atom. The zero-order valence-electron chi connectivity index (χ0n) is 5.58. The van der Waals surface area contributed by atoms with Gasteiger partial charge in [0.2, 0.25) is 0 Å². The van der Waals surface area contributed by atoms with Crippen molar-refractivity contribution < 1.29 is 4.74 Å². The number of ether oxygens (including phenoxy) is 1. The smallest absolute Gasteiger partial charge is 0.259 e. The highest BCUT2D eigenvalue weighted by Gasteiger charge is 1.93. The maximum Gasteiger partial charge on any atom is 0.259 e. The summed E-state index contributed by atoms with van der Waals surface area (Å²) in [6, 6.07) is 7.27. The summed E-state index contributed by atoms with van der Waals surface area (Å²) >= 11 is 7.85. The van der Waals surface area contributed by atoms with Crippen molar-refractivity contribution in [3.8, 4) is 5.75 Å². The van der Waals surface area contributed by atoms with Crippen LogP contribution in [-0.4, -0.2) is 5.17 Å². The lowest BCUT2D eigenvalue weighted by Gasteiger charge is -2.00. The third kappa shape index (κ3) is 2.86. The molecular weight excluding hydrogens is 226 g/mol. The van der Waals surface area contributed by atoms with E-state index in [9.17, 15) is 0 Å². The fourth-order valence-electron chi connectivity index (χ4n) is 0.619. The number of hydrogen-bond donors (Lipinski definition) is 1. The van der Waals surface area contributed by atoms with E-state index in [0.29, 0.717) is 5.75 Å². The highest BCUT2D eigenvalue weighted by atomic mass is 79.9. The van der Waals surface area contributed by atoms with Crippen LogP contribution in [0.3, 0.4) is 0 Å².